The van der Waals surface area contributed by atoms with Crippen LogP contribution in [0.4, 0.5) is 13.2 Å². The van der Waals surface area contributed by atoms with Gasteiger partial charge in [0.05, 0.1) is 12.7 Å². The van der Waals surface area contributed by atoms with Crippen molar-refractivity contribution >= 4 is 17.4 Å². The molecule has 0 bridgehead atoms. The number of ketones is 1. The molecule has 0 radical (unpaired) electrons. The average Bonchev–Trinajstić information content (AvgIpc) is 2.27. The SMILES string of the molecule is COc1cc(C(=O)CCCl)cc(C(F)(F)F)c1. The van der Waals surface area contributed by atoms with Gasteiger partial charge in [-0.05, 0) is 18.2 Å². The van der Waals surface area contributed by atoms with Crippen LogP contribution in [0.3, 0.4) is 0 Å². The third-order valence-corrected chi connectivity index (χ3v) is 2.30. The van der Waals surface area contributed by atoms with E-state index in [9.17, 15) is 18.0 Å². The molecule has 17 heavy (non-hydrogen) atoms. The first-order valence-corrected chi connectivity index (χ1v) is 5.27. The molecule has 6 heteroatoms. The number of carbonyl (C=O) groups is 1. The van der Waals surface area contributed by atoms with Crippen molar-refractivity contribution in [3.63, 3.8) is 0 Å². The fraction of sp³-hybridized carbons (Fsp3) is 0.364. The molecule has 0 saturated carbocycles. The van der Waals surface area contributed by atoms with Crippen molar-refractivity contribution in [2.45, 2.75) is 12.6 Å². The van der Waals surface area contributed by atoms with E-state index in [1.165, 1.54) is 13.2 Å². The van der Waals surface area contributed by atoms with Gasteiger partial charge in [0, 0.05) is 17.9 Å². The van der Waals surface area contributed by atoms with Gasteiger partial charge in [0.15, 0.2) is 5.78 Å². The van der Waals surface area contributed by atoms with Gasteiger partial charge in [-0.3, -0.25) is 4.79 Å². The van der Waals surface area contributed by atoms with Crippen LogP contribution in [-0.4, -0.2) is 18.8 Å². The number of ether oxygens (including phenoxy) is 1. The molecule has 0 atom stereocenters. The molecule has 2 nitrogen and oxygen atoms in total. The minimum atomic E-state index is -4.51. The zero-order valence-electron chi connectivity index (χ0n) is 8.97. The molecule has 1 aromatic carbocycles. The number of carbonyl (C=O) groups excluding carboxylic acids is 1. The van der Waals surface area contributed by atoms with Crippen molar-refractivity contribution in [1.29, 1.82) is 0 Å². The second-order valence-corrected chi connectivity index (χ2v) is 3.69. The van der Waals surface area contributed by atoms with Gasteiger partial charge < -0.3 is 4.74 Å². The second-order valence-electron chi connectivity index (χ2n) is 3.31. The monoisotopic (exact) mass is 266 g/mol. The molecule has 94 valence electrons. The van der Waals surface area contributed by atoms with Gasteiger partial charge in [0.2, 0.25) is 0 Å². The zero-order valence-corrected chi connectivity index (χ0v) is 9.73. The largest absolute Gasteiger partial charge is 0.497 e. The minimum absolute atomic E-state index is 0.00209. The van der Waals surface area contributed by atoms with Gasteiger partial charge in [-0.15, -0.1) is 11.6 Å². The van der Waals surface area contributed by atoms with Crippen molar-refractivity contribution in [3.05, 3.63) is 29.3 Å². The van der Waals surface area contributed by atoms with E-state index in [1.807, 2.05) is 0 Å². The highest BCUT2D eigenvalue weighted by molar-refractivity contribution is 6.19. The summed E-state index contributed by atoms with van der Waals surface area (Å²) in [6.07, 6.45) is -4.52. The van der Waals surface area contributed by atoms with Crippen LogP contribution in [0.2, 0.25) is 0 Å². The Labute approximate surface area is 101 Å². The maximum absolute atomic E-state index is 12.5. The van der Waals surface area contributed by atoms with Crippen LogP contribution in [0.1, 0.15) is 22.3 Å². The molecule has 0 heterocycles. The molecular formula is C11H10ClF3O2. The van der Waals surface area contributed by atoms with Crippen molar-refractivity contribution in [3.8, 4) is 5.75 Å². The first kappa shape index (κ1) is 13.8. The number of hydrogen-bond donors (Lipinski definition) is 0. The lowest BCUT2D eigenvalue weighted by Gasteiger charge is -2.10. The molecule has 0 fully saturated rings. The fourth-order valence-corrected chi connectivity index (χ4v) is 1.44. The lowest BCUT2D eigenvalue weighted by molar-refractivity contribution is -0.137. The van der Waals surface area contributed by atoms with E-state index in [2.05, 4.69) is 0 Å². The standard InChI is InChI=1S/C11H10ClF3O2/c1-17-9-5-7(10(16)2-3-12)4-8(6-9)11(13,14)15/h4-6H,2-3H2,1H3. The quantitative estimate of drug-likeness (QED) is 0.616. The Morgan fingerprint density at radius 3 is 2.47 bits per heavy atom. The predicted molar refractivity (Wildman–Crippen MR) is 57.7 cm³/mol. The zero-order chi connectivity index (χ0) is 13.1. The number of methoxy groups -OCH3 is 1. The van der Waals surface area contributed by atoms with Crippen molar-refractivity contribution < 1.29 is 22.7 Å². The Morgan fingerprint density at radius 1 is 1.35 bits per heavy atom. The van der Waals surface area contributed by atoms with Crippen LogP contribution >= 0.6 is 11.6 Å². The summed E-state index contributed by atoms with van der Waals surface area (Å²) in [7, 11) is 1.24. The third-order valence-electron chi connectivity index (χ3n) is 2.11. The summed E-state index contributed by atoms with van der Waals surface area (Å²) >= 11 is 5.38. The predicted octanol–water partition coefficient (Wildman–Crippen LogP) is 3.53. The molecule has 0 unspecified atom stereocenters. The van der Waals surface area contributed by atoms with Gasteiger partial charge in [0.1, 0.15) is 5.75 Å². The summed E-state index contributed by atoms with van der Waals surface area (Å²) in [6, 6.07) is 2.92. The normalized spacial score (nSPS) is 11.4. The summed E-state index contributed by atoms with van der Waals surface area (Å²) in [4.78, 5) is 11.5. The maximum Gasteiger partial charge on any atom is 0.416 e. The van der Waals surface area contributed by atoms with E-state index in [0.717, 1.165) is 12.1 Å². The second kappa shape index (κ2) is 5.40. The van der Waals surface area contributed by atoms with Crippen LogP contribution in [0.15, 0.2) is 18.2 Å². The smallest absolute Gasteiger partial charge is 0.416 e. The van der Waals surface area contributed by atoms with Crippen LogP contribution in [0, 0.1) is 0 Å². The van der Waals surface area contributed by atoms with Crippen molar-refractivity contribution in [1.82, 2.24) is 0 Å². The van der Waals surface area contributed by atoms with E-state index < -0.39 is 17.5 Å². The molecular weight excluding hydrogens is 257 g/mol. The summed E-state index contributed by atoms with van der Waals surface area (Å²) in [5, 5.41) is 0. The molecule has 0 saturated heterocycles. The van der Waals surface area contributed by atoms with Crippen LogP contribution in [0.25, 0.3) is 0 Å². The van der Waals surface area contributed by atoms with Crippen LogP contribution < -0.4 is 4.74 Å². The number of Topliss-reactive ketones (excluding diaryl/α,β-unsaturated/α-hetero) is 1. The summed E-state index contributed by atoms with van der Waals surface area (Å²) in [5.41, 5.74) is -0.952. The van der Waals surface area contributed by atoms with Crippen molar-refractivity contribution in [2.75, 3.05) is 13.0 Å². The summed E-state index contributed by atoms with van der Waals surface area (Å²) < 4.78 is 42.4. The fourth-order valence-electron chi connectivity index (χ4n) is 1.27. The van der Waals surface area contributed by atoms with E-state index in [0.29, 0.717) is 0 Å². The van der Waals surface area contributed by atoms with Gasteiger partial charge >= 0.3 is 6.18 Å². The van der Waals surface area contributed by atoms with E-state index in [4.69, 9.17) is 16.3 Å². The number of hydrogen-bond acceptors (Lipinski definition) is 2. The Hall–Kier alpha value is -1.23. The number of halogens is 4. The molecule has 1 aromatic rings. The maximum atomic E-state index is 12.5. The topological polar surface area (TPSA) is 26.3 Å². The van der Waals surface area contributed by atoms with Gasteiger partial charge in [0.25, 0.3) is 0 Å². The first-order chi connectivity index (χ1) is 7.88. The number of alkyl halides is 4. The highest BCUT2D eigenvalue weighted by Gasteiger charge is 2.31. The summed E-state index contributed by atoms with van der Waals surface area (Å²) in [6.45, 7) is 0. The van der Waals surface area contributed by atoms with E-state index in [1.54, 1.807) is 0 Å². The minimum Gasteiger partial charge on any atom is -0.497 e. The Kier molecular flexibility index (Phi) is 4.40. The van der Waals surface area contributed by atoms with Gasteiger partial charge in [-0.1, -0.05) is 0 Å². The van der Waals surface area contributed by atoms with E-state index in [-0.39, 0.29) is 23.6 Å². The first-order valence-electron chi connectivity index (χ1n) is 4.74. The Bertz CT molecular complexity index is 416. The van der Waals surface area contributed by atoms with Gasteiger partial charge in [-0.25, -0.2) is 0 Å². The van der Waals surface area contributed by atoms with Crippen LogP contribution in [-0.2, 0) is 6.18 Å². The molecule has 0 N–H and O–H groups in total. The molecule has 0 aliphatic carbocycles. The average molecular weight is 267 g/mol. The number of rotatable bonds is 4. The summed E-state index contributed by atoms with van der Waals surface area (Å²) in [5.74, 6) is -0.376. The molecule has 0 aromatic heterocycles. The van der Waals surface area contributed by atoms with Crippen molar-refractivity contribution in [2.24, 2.45) is 0 Å². The Balaban J connectivity index is 3.19. The van der Waals surface area contributed by atoms with E-state index >= 15 is 0 Å². The van der Waals surface area contributed by atoms with Crippen LogP contribution in [0.5, 0.6) is 5.75 Å². The lowest BCUT2D eigenvalue weighted by Crippen LogP contribution is -2.08. The molecule has 1 rings (SSSR count). The Morgan fingerprint density at radius 2 is 2.00 bits per heavy atom. The van der Waals surface area contributed by atoms with Gasteiger partial charge in [-0.2, -0.15) is 13.2 Å². The molecule has 0 aliphatic heterocycles. The third kappa shape index (κ3) is 3.63. The molecule has 0 spiro atoms. The highest BCUT2D eigenvalue weighted by atomic mass is 35.5. The molecule has 0 amide bonds. The highest BCUT2D eigenvalue weighted by Crippen LogP contribution is 2.32. The number of benzene rings is 1. The lowest BCUT2D eigenvalue weighted by atomic mass is 10.0. The molecule has 0 aliphatic rings.